The summed E-state index contributed by atoms with van der Waals surface area (Å²) in [6, 6.07) is 20.8. The third-order valence-corrected chi connectivity index (χ3v) is 4.11. The number of nitrogens with one attached hydrogen (secondary N) is 1. The summed E-state index contributed by atoms with van der Waals surface area (Å²) in [4.78, 5) is 17.2. The van der Waals surface area contributed by atoms with Gasteiger partial charge in [0.1, 0.15) is 11.4 Å². The van der Waals surface area contributed by atoms with E-state index in [9.17, 15) is 4.79 Å². The molecule has 1 amide bonds. The number of aromatic nitrogens is 2. The summed E-state index contributed by atoms with van der Waals surface area (Å²) in [5, 5.41) is 2.88. The first-order valence-corrected chi connectivity index (χ1v) is 8.22. The second kappa shape index (κ2) is 6.72. The lowest BCUT2D eigenvalue weighted by Crippen LogP contribution is -2.12. The van der Waals surface area contributed by atoms with Crippen LogP contribution in [0.25, 0.3) is 16.9 Å². The number of carbonyl (C=O) groups excluding carboxylic acids is 1. The fourth-order valence-electron chi connectivity index (χ4n) is 2.78. The summed E-state index contributed by atoms with van der Waals surface area (Å²) in [6.07, 6.45) is 3.71. The van der Waals surface area contributed by atoms with Gasteiger partial charge >= 0.3 is 0 Å². The van der Waals surface area contributed by atoms with E-state index in [1.165, 1.54) is 0 Å². The van der Waals surface area contributed by atoms with Crippen LogP contribution in [0.2, 0.25) is 0 Å². The number of methoxy groups -OCH3 is 1. The van der Waals surface area contributed by atoms with Gasteiger partial charge in [-0.3, -0.25) is 4.79 Å². The van der Waals surface area contributed by atoms with Gasteiger partial charge in [0.25, 0.3) is 5.91 Å². The minimum absolute atomic E-state index is 0.185. The maximum atomic E-state index is 12.5. The van der Waals surface area contributed by atoms with Crippen molar-refractivity contribution >= 4 is 17.2 Å². The molecule has 4 rings (SSSR count). The highest BCUT2D eigenvalue weighted by molar-refractivity contribution is 6.04. The van der Waals surface area contributed by atoms with Crippen LogP contribution >= 0.6 is 0 Å². The molecule has 0 fully saturated rings. The molecule has 0 radical (unpaired) electrons. The maximum Gasteiger partial charge on any atom is 0.257 e. The van der Waals surface area contributed by atoms with Crippen LogP contribution in [0.3, 0.4) is 0 Å². The lowest BCUT2D eigenvalue weighted by molar-refractivity contribution is 0.102. The summed E-state index contributed by atoms with van der Waals surface area (Å²) in [5.74, 6) is 0.510. The summed E-state index contributed by atoms with van der Waals surface area (Å²) >= 11 is 0. The van der Waals surface area contributed by atoms with Crippen molar-refractivity contribution in [3.8, 4) is 17.0 Å². The van der Waals surface area contributed by atoms with Crippen LogP contribution in [0.4, 0.5) is 5.69 Å². The van der Waals surface area contributed by atoms with Crippen molar-refractivity contribution in [3.63, 3.8) is 0 Å². The Kier molecular flexibility index (Phi) is 4.11. The number of carbonyl (C=O) groups is 1. The Labute approximate surface area is 150 Å². The molecule has 0 unspecified atom stereocenters. The van der Waals surface area contributed by atoms with Crippen molar-refractivity contribution in [2.45, 2.75) is 0 Å². The number of pyridine rings is 1. The number of fused-ring (bicyclic) bond motifs is 1. The lowest BCUT2D eigenvalue weighted by Gasteiger charge is -2.07. The lowest BCUT2D eigenvalue weighted by atomic mass is 10.2. The third kappa shape index (κ3) is 3.15. The molecule has 128 valence electrons. The van der Waals surface area contributed by atoms with E-state index in [1.54, 1.807) is 25.4 Å². The van der Waals surface area contributed by atoms with E-state index in [4.69, 9.17) is 4.74 Å². The van der Waals surface area contributed by atoms with Crippen molar-refractivity contribution in [3.05, 3.63) is 84.7 Å². The number of rotatable bonds is 4. The van der Waals surface area contributed by atoms with Gasteiger partial charge in [-0.15, -0.1) is 0 Å². The highest BCUT2D eigenvalue weighted by Gasteiger charge is 2.10. The number of nitrogens with zero attached hydrogens (tertiary/aromatic N) is 2. The molecular formula is C21H17N3O2. The summed E-state index contributed by atoms with van der Waals surface area (Å²) < 4.78 is 7.04. The molecule has 0 aliphatic heterocycles. The van der Waals surface area contributed by atoms with Crippen LogP contribution in [0.1, 0.15) is 10.4 Å². The number of imidazole rings is 1. The Morgan fingerprint density at radius 2 is 1.85 bits per heavy atom. The second-order valence-corrected chi connectivity index (χ2v) is 5.86. The van der Waals surface area contributed by atoms with Crippen LogP contribution in [-0.2, 0) is 0 Å². The summed E-state index contributed by atoms with van der Waals surface area (Å²) in [5.41, 5.74) is 3.94. The van der Waals surface area contributed by atoms with Gasteiger partial charge in [-0.1, -0.05) is 36.4 Å². The molecule has 5 heteroatoms. The van der Waals surface area contributed by atoms with E-state index in [2.05, 4.69) is 10.3 Å². The molecule has 0 saturated carbocycles. The Morgan fingerprint density at radius 3 is 2.65 bits per heavy atom. The quantitative estimate of drug-likeness (QED) is 0.602. The maximum absolute atomic E-state index is 12.5. The van der Waals surface area contributed by atoms with Gasteiger partial charge in [0, 0.05) is 29.7 Å². The van der Waals surface area contributed by atoms with Gasteiger partial charge in [-0.05, 0) is 24.3 Å². The van der Waals surface area contributed by atoms with E-state index in [0.717, 1.165) is 16.9 Å². The Bertz CT molecular complexity index is 1070. The molecule has 0 aliphatic carbocycles. The number of hydrogen-bond acceptors (Lipinski definition) is 3. The van der Waals surface area contributed by atoms with Crippen molar-refractivity contribution in [1.29, 1.82) is 0 Å². The summed E-state index contributed by atoms with van der Waals surface area (Å²) in [7, 11) is 1.60. The zero-order valence-electron chi connectivity index (χ0n) is 14.2. The zero-order chi connectivity index (χ0) is 17.9. The number of benzene rings is 2. The SMILES string of the molecule is COc1cccc(NC(=O)c2ccc3nc(-c4ccccc4)cn3c2)c1. The predicted octanol–water partition coefficient (Wildman–Crippen LogP) is 4.26. The molecule has 2 aromatic heterocycles. The smallest absolute Gasteiger partial charge is 0.257 e. The van der Waals surface area contributed by atoms with Gasteiger partial charge in [0.15, 0.2) is 0 Å². The molecule has 4 aromatic rings. The molecule has 0 spiro atoms. The van der Waals surface area contributed by atoms with Crippen molar-refractivity contribution in [1.82, 2.24) is 9.38 Å². The van der Waals surface area contributed by atoms with E-state index >= 15 is 0 Å². The topological polar surface area (TPSA) is 55.6 Å². The Hall–Kier alpha value is -3.60. The van der Waals surface area contributed by atoms with Crippen LogP contribution < -0.4 is 10.1 Å². The first kappa shape index (κ1) is 15.9. The van der Waals surface area contributed by atoms with Gasteiger partial charge in [-0.25, -0.2) is 4.98 Å². The van der Waals surface area contributed by atoms with Crippen LogP contribution in [-0.4, -0.2) is 22.4 Å². The summed E-state index contributed by atoms with van der Waals surface area (Å²) in [6.45, 7) is 0. The minimum Gasteiger partial charge on any atom is -0.497 e. The van der Waals surface area contributed by atoms with Crippen LogP contribution in [0.15, 0.2) is 79.1 Å². The first-order chi connectivity index (χ1) is 12.7. The van der Waals surface area contributed by atoms with Crippen molar-refractivity contribution < 1.29 is 9.53 Å². The van der Waals surface area contributed by atoms with Gasteiger partial charge < -0.3 is 14.5 Å². The normalized spacial score (nSPS) is 10.7. The molecule has 5 nitrogen and oxygen atoms in total. The van der Waals surface area contributed by atoms with E-state index in [1.807, 2.05) is 65.2 Å². The van der Waals surface area contributed by atoms with Crippen molar-refractivity contribution in [2.75, 3.05) is 12.4 Å². The van der Waals surface area contributed by atoms with Crippen LogP contribution in [0, 0.1) is 0 Å². The zero-order valence-corrected chi connectivity index (χ0v) is 14.2. The molecular weight excluding hydrogens is 326 g/mol. The van der Waals surface area contributed by atoms with Gasteiger partial charge in [0.2, 0.25) is 0 Å². The third-order valence-electron chi connectivity index (χ3n) is 4.11. The monoisotopic (exact) mass is 343 g/mol. The van der Waals surface area contributed by atoms with E-state index < -0.39 is 0 Å². The molecule has 1 N–H and O–H groups in total. The molecule has 0 atom stereocenters. The second-order valence-electron chi connectivity index (χ2n) is 5.86. The average molecular weight is 343 g/mol. The number of anilines is 1. The van der Waals surface area contributed by atoms with Gasteiger partial charge in [0.05, 0.1) is 18.4 Å². The van der Waals surface area contributed by atoms with E-state index in [-0.39, 0.29) is 5.91 Å². The Balaban J connectivity index is 1.61. The molecule has 0 saturated heterocycles. The first-order valence-electron chi connectivity index (χ1n) is 8.22. The molecule has 2 heterocycles. The van der Waals surface area contributed by atoms with Gasteiger partial charge in [-0.2, -0.15) is 0 Å². The van der Waals surface area contributed by atoms with Crippen molar-refractivity contribution in [2.24, 2.45) is 0 Å². The molecule has 0 aliphatic rings. The fourth-order valence-corrected chi connectivity index (χ4v) is 2.78. The number of hydrogen-bond donors (Lipinski definition) is 1. The number of ether oxygens (including phenoxy) is 1. The molecule has 0 bridgehead atoms. The predicted molar refractivity (Wildman–Crippen MR) is 102 cm³/mol. The molecule has 2 aromatic carbocycles. The van der Waals surface area contributed by atoms with E-state index in [0.29, 0.717) is 17.0 Å². The van der Waals surface area contributed by atoms with Crippen LogP contribution in [0.5, 0.6) is 5.75 Å². The fraction of sp³-hybridized carbons (Fsp3) is 0.0476. The highest BCUT2D eigenvalue weighted by atomic mass is 16.5. The highest BCUT2D eigenvalue weighted by Crippen LogP contribution is 2.20. The number of amides is 1. The minimum atomic E-state index is -0.185. The average Bonchev–Trinajstić information content (AvgIpc) is 3.12. The largest absolute Gasteiger partial charge is 0.497 e. The Morgan fingerprint density at radius 1 is 1.00 bits per heavy atom. The standard InChI is InChI=1S/C21H17N3O2/c1-26-18-9-5-8-17(12-18)22-21(25)16-10-11-20-23-19(14-24(20)13-16)15-6-3-2-4-7-15/h2-14H,1H3,(H,22,25). The molecule has 26 heavy (non-hydrogen) atoms.